The second-order valence-electron chi connectivity index (χ2n) is 18.6. The summed E-state index contributed by atoms with van der Waals surface area (Å²) in [6, 6.07) is 0. The summed E-state index contributed by atoms with van der Waals surface area (Å²) >= 11 is 0. The van der Waals surface area contributed by atoms with Crippen LogP contribution in [0.2, 0.25) is 0 Å². The number of likely N-dealkylation sites (N-methyl/N-ethyl adjacent to an activating group) is 2. The van der Waals surface area contributed by atoms with Crippen LogP contribution in [0.15, 0.2) is 0 Å². The minimum atomic E-state index is -0.0646. The first-order chi connectivity index (χ1) is 28.2. The Bertz CT molecular complexity index is 820. The van der Waals surface area contributed by atoms with E-state index in [0.717, 1.165) is 73.7 Å². The third-order valence-electron chi connectivity index (χ3n) is 12.7. The van der Waals surface area contributed by atoms with E-state index in [1.807, 2.05) is 0 Å². The van der Waals surface area contributed by atoms with Gasteiger partial charge < -0.3 is 28.7 Å². The van der Waals surface area contributed by atoms with Gasteiger partial charge in [0.2, 0.25) is 0 Å². The molecule has 0 heterocycles. The van der Waals surface area contributed by atoms with E-state index in [2.05, 4.69) is 27.9 Å². The van der Waals surface area contributed by atoms with Crippen molar-refractivity contribution >= 4 is 11.9 Å². The lowest BCUT2D eigenvalue weighted by Gasteiger charge is -2.34. The number of esters is 2. The van der Waals surface area contributed by atoms with Gasteiger partial charge >= 0.3 is 11.9 Å². The number of aliphatic hydroxyl groups excluding tert-OH is 2. The van der Waals surface area contributed by atoms with Gasteiger partial charge in [0.1, 0.15) is 39.4 Å². The van der Waals surface area contributed by atoms with Crippen molar-refractivity contribution < 1.29 is 38.2 Å². The van der Waals surface area contributed by atoms with Crippen LogP contribution in [0.1, 0.15) is 232 Å². The first kappa shape index (κ1) is 56.8. The number of rotatable bonds is 47. The standard InChI is InChI=1S/C50H102N2O6/c1-5-7-9-11-13-15-17-21-25-29-33-37-49(55)57-47-43-51(3,41-45-53)39-35-31-27-23-19-20-24-28-32-36-40-52(4,42-46-54)44-48-58-50(56)38-34-30-26-22-18-16-14-12-10-8-6-2/h53-54H,5-48H2,1-4H3/q+2. The monoisotopic (exact) mass is 827 g/mol. The van der Waals surface area contributed by atoms with Crippen molar-refractivity contribution in [2.24, 2.45) is 0 Å². The maximum absolute atomic E-state index is 12.3. The van der Waals surface area contributed by atoms with Crippen molar-refractivity contribution in [1.82, 2.24) is 0 Å². The van der Waals surface area contributed by atoms with Crippen LogP contribution < -0.4 is 0 Å². The minimum absolute atomic E-state index is 0.0646. The first-order valence-electron chi connectivity index (χ1n) is 25.4. The van der Waals surface area contributed by atoms with E-state index in [1.165, 1.54) is 167 Å². The molecule has 0 amide bonds. The van der Waals surface area contributed by atoms with Crippen LogP contribution in [0.3, 0.4) is 0 Å². The Hall–Kier alpha value is -1.22. The van der Waals surface area contributed by atoms with Crippen molar-refractivity contribution in [2.75, 3.05) is 79.8 Å². The molecule has 0 fully saturated rings. The Kier molecular flexibility index (Phi) is 41.6. The summed E-state index contributed by atoms with van der Waals surface area (Å²) in [4.78, 5) is 24.6. The van der Waals surface area contributed by atoms with Crippen LogP contribution in [0.25, 0.3) is 0 Å². The number of ether oxygens (including phenoxy) is 2. The van der Waals surface area contributed by atoms with Gasteiger partial charge in [-0.15, -0.1) is 0 Å². The molecule has 0 aliphatic carbocycles. The number of carbonyl (C=O) groups excluding carboxylic acids is 2. The summed E-state index contributed by atoms with van der Waals surface area (Å²) in [6.07, 6.45) is 41.6. The molecule has 8 nitrogen and oxygen atoms in total. The number of hydrogen-bond donors (Lipinski definition) is 2. The molecule has 0 aromatic heterocycles. The van der Waals surface area contributed by atoms with Gasteiger partial charge in [-0.3, -0.25) is 9.59 Å². The summed E-state index contributed by atoms with van der Waals surface area (Å²) in [7, 11) is 4.38. The number of unbranched alkanes of at least 4 members (excludes halogenated alkanes) is 29. The lowest BCUT2D eigenvalue weighted by Crippen LogP contribution is -2.49. The third kappa shape index (κ3) is 38.9. The Morgan fingerprint density at radius 3 is 0.845 bits per heavy atom. The van der Waals surface area contributed by atoms with Crippen molar-refractivity contribution in [3.63, 3.8) is 0 Å². The fourth-order valence-corrected chi connectivity index (χ4v) is 8.33. The first-order valence-corrected chi connectivity index (χ1v) is 25.4. The van der Waals surface area contributed by atoms with E-state index in [0.29, 0.717) is 39.1 Å². The van der Waals surface area contributed by atoms with Crippen LogP contribution in [-0.2, 0) is 19.1 Å². The Labute approximate surface area is 361 Å². The average Bonchev–Trinajstić information content (AvgIpc) is 3.19. The molecule has 2 unspecified atom stereocenters. The zero-order valence-corrected chi connectivity index (χ0v) is 39.5. The van der Waals surface area contributed by atoms with Crippen LogP contribution >= 0.6 is 0 Å². The maximum atomic E-state index is 12.3. The normalized spacial score (nSPS) is 13.7. The predicted octanol–water partition coefficient (Wildman–Crippen LogP) is 12.3. The largest absolute Gasteiger partial charge is 0.460 e. The number of aliphatic hydroxyl groups is 2. The lowest BCUT2D eigenvalue weighted by molar-refractivity contribution is -0.910. The van der Waals surface area contributed by atoms with E-state index in [4.69, 9.17) is 9.47 Å². The zero-order chi connectivity index (χ0) is 42.7. The van der Waals surface area contributed by atoms with Gasteiger partial charge in [0, 0.05) is 12.8 Å². The molecule has 0 aromatic rings. The van der Waals surface area contributed by atoms with Crippen LogP contribution in [-0.4, -0.2) is 111 Å². The Morgan fingerprint density at radius 2 is 0.586 bits per heavy atom. The molecule has 0 saturated carbocycles. The fraction of sp³-hybridized carbons (Fsp3) is 0.960. The van der Waals surface area contributed by atoms with Crippen molar-refractivity contribution in [3.05, 3.63) is 0 Å². The summed E-state index contributed by atoms with van der Waals surface area (Å²) in [5.74, 6) is -0.129. The highest BCUT2D eigenvalue weighted by Gasteiger charge is 2.22. The van der Waals surface area contributed by atoms with Gasteiger partial charge in [-0.1, -0.05) is 181 Å². The van der Waals surface area contributed by atoms with Gasteiger partial charge in [-0.2, -0.15) is 0 Å². The topological polar surface area (TPSA) is 93.1 Å². The molecule has 0 saturated heterocycles. The molecule has 0 rings (SSSR count). The van der Waals surface area contributed by atoms with Crippen molar-refractivity contribution in [3.8, 4) is 0 Å². The average molecular weight is 827 g/mol. The molecule has 0 aliphatic rings. The van der Waals surface area contributed by atoms with Crippen LogP contribution in [0, 0.1) is 0 Å². The van der Waals surface area contributed by atoms with Crippen LogP contribution in [0.4, 0.5) is 0 Å². The molecule has 8 heteroatoms. The molecule has 0 bridgehead atoms. The second kappa shape index (κ2) is 42.5. The number of carbonyl (C=O) groups is 2. The Balaban J connectivity index is 3.86. The highest BCUT2D eigenvalue weighted by atomic mass is 16.5. The molecule has 2 N–H and O–H groups in total. The molecule has 0 aliphatic heterocycles. The molecule has 0 radical (unpaired) electrons. The van der Waals surface area contributed by atoms with E-state index in [-0.39, 0.29) is 25.2 Å². The fourth-order valence-electron chi connectivity index (χ4n) is 8.33. The van der Waals surface area contributed by atoms with E-state index >= 15 is 0 Å². The lowest BCUT2D eigenvalue weighted by atomic mass is 10.1. The quantitative estimate of drug-likeness (QED) is 0.0361. The van der Waals surface area contributed by atoms with E-state index < -0.39 is 0 Å². The highest BCUT2D eigenvalue weighted by Crippen LogP contribution is 2.16. The second-order valence-corrected chi connectivity index (χ2v) is 18.6. The Morgan fingerprint density at radius 1 is 0.345 bits per heavy atom. The van der Waals surface area contributed by atoms with Gasteiger partial charge in [-0.05, 0) is 38.5 Å². The number of hydrogen-bond acceptors (Lipinski definition) is 6. The molecular weight excluding hydrogens is 725 g/mol. The number of nitrogens with zero attached hydrogens (tertiary/aromatic N) is 2. The van der Waals surface area contributed by atoms with Gasteiger partial charge in [0.25, 0.3) is 0 Å². The van der Waals surface area contributed by atoms with Gasteiger partial charge in [0.15, 0.2) is 0 Å². The maximum Gasteiger partial charge on any atom is 0.305 e. The molecule has 0 aromatic carbocycles. The van der Waals surface area contributed by atoms with Crippen molar-refractivity contribution in [2.45, 2.75) is 232 Å². The van der Waals surface area contributed by atoms with Gasteiger partial charge in [0.05, 0.1) is 40.4 Å². The SMILES string of the molecule is CCCCCCCCCCCCCC(=O)OCC[N+](C)(CCO)CCCCCCCCCCCC[N+](C)(CCO)CCOC(=O)CCCCCCCCCCCCC. The van der Waals surface area contributed by atoms with Gasteiger partial charge in [-0.25, -0.2) is 0 Å². The van der Waals surface area contributed by atoms with E-state index in [1.54, 1.807) is 0 Å². The zero-order valence-electron chi connectivity index (χ0n) is 39.5. The summed E-state index contributed by atoms with van der Waals surface area (Å²) in [6.45, 7) is 10.8. The van der Waals surface area contributed by atoms with Crippen LogP contribution in [0.5, 0.6) is 0 Å². The predicted molar refractivity (Wildman–Crippen MR) is 246 cm³/mol. The smallest absolute Gasteiger partial charge is 0.305 e. The number of quaternary nitrogens is 2. The third-order valence-corrected chi connectivity index (χ3v) is 12.7. The summed E-state index contributed by atoms with van der Waals surface area (Å²) in [5.41, 5.74) is 0. The summed E-state index contributed by atoms with van der Waals surface area (Å²) < 4.78 is 12.7. The molecule has 58 heavy (non-hydrogen) atoms. The van der Waals surface area contributed by atoms with E-state index in [9.17, 15) is 19.8 Å². The molecular formula is C50H102N2O6+2. The summed E-state index contributed by atoms with van der Waals surface area (Å²) in [5, 5.41) is 19.4. The molecule has 346 valence electrons. The molecule has 2 atom stereocenters. The minimum Gasteiger partial charge on any atom is -0.460 e. The highest BCUT2D eigenvalue weighted by molar-refractivity contribution is 5.69. The van der Waals surface area contributed by atoms with Crippen molar-refractivity contribution in [1.29, 1.82) is 0 Å². The molecule has 0 spiro atoms.